The highest BCUT2D eigenvalue weighted by Crippen LogP contribution is 2.23. The Bertz CT molecular complexity index is 572. The third kappa shape index (κ3) is 4.49. The maximum atomic E-state index is 12.0. The van der Waals surface area contributed by atoms with E-state index in [9.17, 15) is 9.59 Å². The van der Waals surface area contributed by atoms with Crippen molar-refractivity contribution in [2.75, 3.05) is 18.5 Å². The van der Waals surface area contributed by atoms with Gasteiger partial charge in [0.1, 0.15) is 11.0 Å². The summed E-state index contributed by atoms with van der Waals surface area (Å²) in [6, 6.07) is 7.13. The smallest absolute Gasteiger partial charge is 0.240 e. The van der Waals surface area contributed by atoms with Crippen molar-refractivity contribution in [2.45, 2.75) is 25.5 Å². The van der Waals surface area contributed by atoms with Gasteiger partial charge in [-0.1, -0.05) is 11.8 Å². The van der Waals surface area contributed by atoms with Crippen LogP contribution < -0.4 is 15.4 Å². The van der Waals surface area contributed by atoms with Gasteiger partial charge in [0.05, 0.1) is 6.61 Å². The molecule has 0 spiro atoms. The van der Waals surface area contributed by atoms with Gasteiger partial charge in [-0.25, -0.2) is 0 Å². The Kier molecular flexibility index (Phi) is 5.83. The standard InChI is InChI=1S/C15H19N3O3S/c1-3-16-15-18-14(20)12(22-15)9-13(19)17-10-5-7-11(8-6-10)21-4-2/h5-8,12H,3-4,9H2,1-2H3,(H,17,19)(H,16,18,20)/t12-/m0/s1. The van der Waals surface area contributed by atoms with Gasteiger partial charge in [0.2, 0.25) is 11.8 Å². The molecule has 118 valence electrons. The summed E-state index contributed by atoms with van der Waals surface area (Å²) >= 11 is 1.30. The zero-order valence-electron chi connectivity index (χ0n) is 12.6. The lowest BCUT2D eigenvalue weighted by atomic mass is 10.2. The molecule has 6 nitrogen and oxygen atoms in total. The molecule has 2 amide bonds. The zero-order valence-corrected chi connectivity index (χ0v) is 13.4. The number of nitrogens with zero attached hydrogens (tertiary/aromatic N) is 1. The first kappa shape index (κ1) is 16.4. The molecule has 1 saturated heterocycles. The predicted molar refractivity (Wildman–Crippen MR) is 88.4 cm³/mol. The molecule has 0 radical (unpaired) electrons. The maximum Gasteiger partial charge on any atom is 0.240 e. The van der Waals surface area contributed by atoms with Crippen molar-refractivity contribution < 1.29 is 14.3 Å². The number of carbonyl (C=O) groups excluding carboxylic acids is 2. The van der Waals surface area contributed by atoms with Crippen molar-refractivity contribution in [2.24, 2.45) is 4.99 Å². The van der Waals surface area contributed by atoms with Gasteiger partial charge in [-0.15, -0.1) is 0 Å². The first-order valence-electron chi connectivity index (χ1n) is 7.17. The lowest BCUT2D eigenvalue weighted by Crippen LogP contribution is -2.28. The van der Waals surface area contributed by atoms with Crippen molar-refractivity contribution in [3.05, 3.63) is 24.3 Å². The van der Waals surface area contributed by atoms with Crippen LogP contribution in [-0.2, 0) is 9.59 Å². The zero-order chi connectivity index (χ0) is 15.9. The third-order valence-corrected chi connectivity index (χ3v) is 4.02. The highest BCUT2D eigenvalue weighted by molar-refractivity contribution is 8.15. The minimum atomic E-state index is -0.423. The summed E-state index contributed by atoms with van der Waals surface area (Å²) < 4.78 is 5.34. The molecule has 0 bridgehead atoms. The van der Waals surface area contributed by atoms with E-state index in [1.807, 2.05) is 13.8 Å². The maximum absolute atomic E-state index is 12.0. The van der Waals surface area contributed by atoms with E-state index in [-0.39, 0.29) is 18.2 Å². The Balaban J connectivity index is 1.87. The molecule has 0 aliphatic carbocycles. The molecule has 2 N–H and O–H groups in total. The second-order valence-corrected chi connectivity index (χ2v) is 5.78. The number of nitrogens with one attached hydrogen (secondary N) is 2. The van der Waals surface area contributed by atoms with Gasteiger partial charge >= 0.3 is 0 Å². The summed E-state index contributed by atoms with van der Waals surface area (Å²) in [4.78, 5) is 27.9. The van der Waals surface area contributed by atoms with Crippen LogP contribution in [0.3, 0.4) is 0 Å². The van der Waals surface area contributed by atoms with E-state index in [4.69, 9.17) is 4.74 Å². The Labute approximate surface area is 133 Å². The Morgan fingerprint density at radius 3 is 2.73 bits per heavy atom. The fourth-order valence-corrected chi connectivity index (χ4v) is 2.97. The van der Waals surface area contributed by atoms with E-state index >= 15 is 0 Å². The number of aliphatic imine (C=N–C) groups is 1. The minimum Gasteiger partial charge on any atom is -0.494 e. The lowest BCUT2D eigenvalue weighted by Gasteiger charge is -2.08. The van der Waals surface area contributed by atoms with Gasteiger partial charge < -0.3 is 15.4 Å². The Morgan fingerprint density at radius 1 is 1.36 bits per heavy atom. The van der Waals surface area contributed by atoms with Gasteiger partial charge in [0, 0.05) is 18.7 Å². The van der Waals surface area contributed by atoms with Crippen molar-refractivity contribution in [3.8, 4) is 5.75 Å². The van der Waals surface area contributed by atoms with Crippen LogP contribution in [0, 0.1) is 0 Å². The van der Waals surface area contributed by atoms with E-state index in [1.165, 1.54) is 11.8 Å². The molecule has 7 heteroatoms. The van der Waals surface area contributed by atoms with Crippen LogP contribution in [0.2, 0.25) is 0 Å². The van der Waals surface area contributed by atoms with Crippen LogP contribution in [0.4, 0.5) is 5.69 Å². The molecule has 2 rings (SSSR count). The van der Waals surface area contributed by atoms with Crippen molar-refractivity contribution in [1.82, 2.24) is 5.32 Å². The molecule has 0 saturated carbocycles. The van der Waals surface area contributed by atoms with E-state index < -0.39 is 5.25 Å². The second-order valence-electron chi connectivity index (χ2n) is 4.58. The van der Waals surface area contributed by atoms with Gasteiger partial charge in [-0.05, 0) is 38.1 Å². The molecule has 1 aliphatic rings. The van der Waals surface area contributed by atoms with Gasteiger partial charge in [0.15, 0.2) is 5.17 Å². The minimum absolute atomic E-state index is 0.118. The number of ether oxygens (including phenoxy) is 1. The molecule has 0 aromatic heterocycles. The SMILES string of the molecule is CCN=C1NC(=O)[C@H](CC(=O)Nc2ccc(OCC)cc2)S1. The van der Waals surface area contributed by atoms with Gasteiger partial charge in [0.25, 0.3) is 0 Å². The highest BCUT2D eigenvalue weighted by atomic mass is 32.2. The number of hydrogen-bond donors (Lipinski definition) is 2. The lowest BCUT2D eigenvalue weighted by molar-refractivity contribution is -0.122. The number of rotatable bonds is 6. The highest BCUT2D eigenvalue weighted by Gasteiger charge is 2.31. The summed E-state index contributed by atoms with van der Waals surface area (Å²) in [6.07, 6.45) is 0.118. The first-order chi connectivity index (χ1) is 10.6. The fourth-order valence-electron chi connectivity index (χ4n) is 1.94. The number of hydrogen-bond acceptors (Lipinski definition) is 5. The average molecular weight is 321 g/mol. The van der Waals surface area contributed by atoms with Crippen molar-refractivity contribution in [1.29, 1.82) is 0 Å². The first-order valence-corrected chi connectivity index (χ1v) is 8.05. The number of thioether (sulfide) groups is 1. The summed E-state index contributed by atoms with van der Waals surface area (Å²) in [5.41, 5.74) is 0.680. The fraction of sp³-hybridized carbons (Fsp3) is 0.400. The van der Waals surface area contributed by atoms with Crippen LogP contribution in [0.5, 0.6) is 5.75 Å². The normalized spacial score (nSPS) is 19.1. The van der Waals surface area contributed by atoms with E-state index in [0.29, 0.717) is 24.0 Å². The molecular weight excluding hydrogens is 302 g/mol. The molecular formula is C15H19N3O3S. The topological polar surface area (TPSA) is 79.8 Å². The largest absolute Gasteiger partial charge is 0.494 e. The number of amidine groups is 1. The molecule has 22 heavy (non-hydrogen) atoms. The van der Waals surface area contributed by atoms with E-state index in [2.05, 4.69) is 15.6 Å². The quantitative estimate of drug-likeness (QED) is 0.840. The van der Waals surface area contributed by atoms with Crippen LogP contribution in [-0.4, -0.2) is 35.4 Å². The third-order valence-electron chi connectivity index (χ3n) is 2.90. The predicted octanol–water partition coefficient (Wildman–Crippen LogP) is 2.02. The molecule has 0 unspecified atom stereocenters. The summed E-state index contributed by atoms with van der Waals surface area (Å²) in [5.74, 6) is 0.389. The molecule has 1 aliphatic heterocycles. The molecule has 1 aromatic carbocycles. The summed E-state index contributed by atoms with van der Waals surface area (Å²) in [7, 11) is 0. The summed E-state index contributed by atoms with van der Waals surface area (Å²) in [5, 5.41) is 5.62. The summed E-state index contributed by atoms with van der Waals surface area (Å²) in [6.45, 7) is 5.01. The number of amides is 2. The van der Waals surface area contributed by atoms with Crippen LogP contribution in [0.25, 0.3) is 0 Å². The van der Waals surface area contributed by atoms with Crippen LogP contribution >= 0.6 is 11.8 Å². The molecule has 1 heterocycles. The van der Waals surface area contributed by atoms with Crippen molar-refractivity contribution in [3.63, 3.8) is 0 Å². The molecule has 1 atom stereocenters. The Morgan fingerprint density at radius 2 is 2.09 bits per heavy atom. The van der Waals surface area contributed by atoms with Crippen molar-refractivity contribution >= 4 is 34.4 Å². The second kappa shape index (κ2) is 7.84. The van der Waals surface area contributed by atoms with E-state index in [1.54, 1.807) is 24.3 Å². The number of anilines is 1. The van der Waals surface area contributed by atoms with Crippen LogP contribution in [0.15, 0.2) is 29.3 Å². The molecule has 1 fully saturated rings. The van der Waals surface area contributed by atoms with Gasteiger partial charge in [-0.3, -0.25) is 14.6 Å². The monoisotopic (exact) mass is 321 g/mol. The van der Waals surface area contributed by atoms with Crippen LogP contribution in [0.1, 0.15) is 20.3 Å². The van der Waals surface area contributed by atoms with E-state index in [0.717, 1.165) is 5.75 Å². The Hall–Kier alpha value is -2.02. The molecule has 1 aromatic rings. The number of carbonyl (C=O) groups is 2. The number of benzene rings is 1. The van der Waals surface area contributed by atoms with Gasteiger partial charge in [-0.2, -0.15) is 0 Å². The average Bonchev–Trinajstić information content (AvgIpc) is 2.81.